The maximum Gasteiger partial charge on any atom is 0.119 e. The van der Waals surface area contributed by atoms with Gasteiger partial charge in [0.05, 0.1) is 0 Å². The van der Waals surface area contributed by atoms with Gasteiger partial charge >= 0.3 is 0 Å². The van der Waals surface area contributed by atoms with E-state index in [0.717, 1.165) is 12.3 Å². The number of hydrogen-bond donors (Lipinski definition) is 1. The molecule has 1 fully saturated rings. The Morgan fingerprint density at radius 3 is 2.80 bits per heavy atom. The highest BCUT2D eigenvalue weighted by Crippen LogP contribution is 2.24. The Balaban J connectivity index is 1.93. The Morgan fingerprint density at radius 2 is 2.07 bits per heavy atom. The molecule has 2 atom stereocenters. The Bertz CT molecular complexity index is 286. The molecule has 0 aliphatic heterocycles. The molecule has 1 N–H and O–H groups in total. The SMILES string of the molecule is CCNC1CCCC1Oc1ccccc1. The van der Waals surface area contributed by atoms with Crippen LogP contribution in [0.4, 0.5) is 0 Å². The first-order chi connectivity index (χ1) is 7.40. The van der Waals surface area contributed by atoms with Crippen molar-refractivity contribution < 1.29 is 4.74 Å². The molecule has 82 valence electrons. The number of hydrogen-bond acceptors (Lipinski definition) is 2. The molecule has 2 unspecified atom stereocenters. The van der Waals surface area contributed by atoms with Gasteiger partial charge in [0.25, 0.3) is 0 Å². The molecule has 1 aliphatic carbocycles. The molecule has 0 heterocycles. The van der Waals surface area contributed by atoms with E-state index in [2.05, 4.69) is 12.2 Å². The molecule has 2 rings (SSSR count). The first kappa shape index (κ1) is 10.5. The van der Waals surface area contributed by atoms with Gasteiger partial charge in [-0.1, -0.05) is 25.1 Å². The molecule has 1 aromatic carbocycles. The minimum atomic E-state index is 0.354. The summed E-state index contributed by atoms with van der Waals surface area (Å²) in [6.07, 6.45) is 4.04. The van der Waals surface area contributed by atoms with Gasteiger partial charge in [-0.05, 0) is 37.9 Å². The summed E-state index contributed by atoms with van der Waals surface area (Å²) in [7, 11) is 0. The number of para-hydroxylation sites is 1. The lowest BCUT2D eigenvalue weighted by atomic mass is 10.2. The lowest BCUT2D eigenvalue weighted by molar-refractivity contribution is 0.176. The zero-order valence-corrected chi connectivity index (χ0v) is 9.28. The van der Waals surface area contributed by atoms with Crippen molar-refractivity contribution in [2.45, 2.75) is 38.3 Å². The molecule has 0 bridgehead atoms. The Hall–Kier alpha value is -1.02. The first-order valence-electron chi connectivity index (χ1n) is 5.85. The van der Waals surface area contributed by atoms with Crippen molar-refractivity contribution in [3.05, 3.63) is 30.3 Å². The van der Waals surface area contributed by atoms with E-state index in [1.807, 2.05) is 30.3 Å². The van der Waals surface area contributed by atoms with Crippen molar-refractivity contribution in [3.63, 3.8) is 0 Å². The van der Waals surface area contributed by atoms with Crippen molar-refractivity contribution >= 4 is 0 Å². The topological polar surface area (TPSA) is 21.3 Å². The van der Waals surface area contributed by atoms with Crippen molar-refractivity contribution in [1.29, 1.82) is 0 Å². The molecule has 2 heteroatoms. The summed E-state index contributed by atoms with van der Waals surface area (Å²) in [5, 5.41) is 3.49. The molecule has 0 amide bonds. The van der Waals surface area contributed by atoms with Crippen LogP contribution in [0.25, 0.3) is 0 Å². The summed E-state index contributed by atoms with van der Waals surface area (Å²) in [6.45, 7) is 3.18. The van der Waals surface area contributed by atoms with Gasteiger partial charge in [-0.25, -0.2) is 0 Å². The molecule has 1 aromatic rings. The smallest absolute Gasteiger partial charge is 0.119 e. The lowest BCUT2D eigenvalue weighted by Gasteiger charge is -2.21. The Morgan fingerprint density at radius 1 is 1.27 bits per heavy atom. The third-order valence-corrected chi connectivity index (χ3v) is 2.95. The molecule has 1 saturated carbocycles. The van der Waals surface area contributed by atoms with Crippen LogP contribution in [0, 0.1) is 0 Å². The molecular formula is C13H19NO. The number of ether oxygens (including phenoxy) is 1. The summed E-state index contributed by atoms with van der Waals surface area (Å²) in [4.78, 5) is 0. The largest absolute Gasteiger partial charge is 0.489 e. The summed E-state index contributed by atoms with van der Waals surface area (Å²) in [6, 6.07) is 10.7. The number of rotatable bonds is 4. The maximum atomic E-state index is 5.98. The van der Waals surface area contributed by atoms with Gasteiger partial charge in [0.2, 0.25) is 0 Å². The molecular weight excluding hydrogens is 186 g/mol. The standard InChI is InChI=1S/C13H19NO/c1-2-14-12-9-6-10-13(12)15-11-7-4-3-5-8-11/h3-5,7-8,12-14H,2,6,9-10H2,1H3. The van der Waals surface area contributed by atoms with Crippen LogP contribution >= 0.6 is 0 Å². The fourth-order valence-corrected chi connectivity index (χ4v) is 2.24. The van der Waals surface area contributed by atoms with E-state index in [0.29, 0.717) is 12.1 Å². The van der Waals surface area contributed by atoms with Crippen molar-refractivity contribution in [2.24, 2.45) is 0 Å². The second kappa shape index (κ2) is 5.17. The fourth-order valence-electron chi connectivity index (χ4n) is 2.24. The molecule has 2 nitrogen and oxygen atoms in total. The van der Waals surface area contributed by atoms with Gasteiger partial charge in [-0.3, -0.25) is 0 Å². The molecule has 1 aliphatic rings. The number of benzene rings is 1. The maximum absolute atomic E-state index is 5.98. The normalized spacial score (nSPS) is 25.4. The van der Waals surface area contributed by atoms with E-state index in [1.165, 1.54) is 19.3 Å². The zero-order valence-electron chi connectivity index (χ0n) is 9.28. The molecule has 15 heavy (non-hydrogen) atoms. The highest BCUT2D eigenvalue weighted by molar-refractivity contribution is 5.21. The zero-order chi connectivity index (χ0) is 10.5. The lowest BCUT2D eigenvalue weighted by Crippen LogP contribution is -2.38. The summed E-state index contributed by atoms with van der Waals surface area (Å²) < 4.78 is 5.98. The van der Waals surface area contributed by atoms with E-state index >= 15 is 0 Å². The van der Waals surface area contributed by atoms with Crippen LogP contribution in [0.2, 0.25) is 0 Å². The third kappa shape index (κ3) is 2.72. The van der Waals surface area contributed by atoms with E-state index < -0.39 is 0 Å². The second-order valence-corrected chi connectivity index (χ2v) is 4.06. The average molecular weight is 205 g/mol. The predicted octanol–water partition coefficient (Wildman–Crippen LogP) is 2.60. The van der Waals surface area contributed by atoms with Gasteiger partial charge in [0.15, 0.2) is 0 Å². The summed E-state index contributed by atoms with van der Waals surface area (Å²) in [5.41, 5.74) is 0. The van der Waals surface area contributed by atoms with Crippen molar-refractivity contribution in [2.75, 3.05) is 6.54 Å². The number of likely N-dealkylation sites (N-methyl/N-ethyl adjacent to an activating group) is 1. The van der Waals surface area contributed by atoms with Crippen molar-refractivity contribution in [1.82, 2.24) is 5.32 Å². The van der Waals surface area contributed by atoms with Crippen LogP contribution in [-0.2, 0) is 0 Å². The fraction of sp³-hybridized carbons (Fsp3) is 0.538. The Labute approximate surface area is 91.6 Å². The van der Waals surface area contributed by atoms with Gasteiger partial charge in [-0.2, -0.15) is 0 Å². The molecule has 0 spiro atoms. The van der Waals surface area contributed by atoms with Crippen LogP contribution in [0.15, 0.2) is 30.3 Å². The average Bonchev–Trinajstić information content (AvgIpc) is 2.68. The van der Waals surface area contributed by atoms with Gasteiger partial charge in [0.1, 0.15) is 11.9 Å². The van der Waals surface area contributed by atoms with Crippen LogP contribution in [0.1, 0.15) is 26.2 Å². The van der Waals surface area contributed by atoms with E-state index in [1.54, 1.807) is 0 Å². The predicted molar refractivity (Wildman–Crippen MR) is 62.2 cm³/mol. The molecule has 0 saturated heterocycles. The first-order valence-corrected chi connectivity index (χ1v) is 5.85. The summed E-state index contributed by atoms with van der Waals surface area (Å²) in [5.74, 6) is 0.993. The third-order valence-electron chi connectivity index (χ3n) is 2.95. The molecule has 0 radical (unpaired) electrons. The van der Waals surface area contributed by atoms with Crippen LogP contribution in [0.3, 0.4) is 0 Å². The Kier molecular flexibility index (Phi) is 3.62. The van der Waals surface area contributed by atoms with Gasteiger partial charge < -0.3 is 10.1 Å². The van der Waals surface area contributed by atoms with Gasteiger partial charge in [0, 0.05) is 6.04 Å². The quantitative estimate of drug-likeness (QED) is 0.815. The van der Waals surface area contributed by atoms with Crippen molar-refractivity contribution in [3.8, 4) is 5.75 Å². The molecule has 0 aromatic heterocycles. The summed E-state index contributed by atoms with van der Waals surface area (Å²) >= 11 is 0. The van der Waals surface area contributed by atoms with Crippen LogP contribution in [0.5, 0.6) is 5.75 Å². The minimum Gasteiger partial charge on any atom is -0.489 e. The van der Waals surface area contributed by atoms with E-state index in [-0.39, 0.29) is 0 Å². The highest BCUT2D eigenvalue weighted by atomic mass is 16.5. The van der Waals surface area contributed by atoms with Crippen LogP contribution in [-0.4, -0.2) is 18.7 Å². The highest BCUT2D eigenvalue weighted by Gasteiger charge is 2.27. The second-order valence-electron chi connectivity index (χ2n) is 4.06. The van der Waals surface area contributed by atoms with E-state index in [9.17, 15) is 0 Å². The number of nitrogens with one attached hydrogen (secondary N) is 1. The monoisotopic (exact) mass is 205 g/mol. The minimum absolute atomic E-state index is 0.354. The van der Waals surface area contributed by atoms with E-state index in [4.69, 9.17) is 4.74 Å². The van der Waals surface area contributed by atoms with Gasteiger partial charge in [-0.15, -0.1) is 0 Å². The van der Waals surface area contributed by atoms with Crippen LogP contribution < -0.4 is 10.1 Å².